The largest absolute Gasteiger partial charge is 0.480 e. The molecule has 40 heavy (non-hydrogen) atoms. The molecule has 0 aromatic rings. The fraction of sp³-hybridized carbons (Fsp3) is 0.912. The second-order valence-corrected chi connectivity index (χ2v) is 11.9. The second-order valence-electron chi connectivity index (χ2n) is 11.9. The Hall–Kier alpha value is -1.43. The van der Waals surface area contributed by atoms with E-state index in [4.69, 9.17) is 5.73 Å². The lowest BCUT2D eigenvalue weighted by Gasteiger charge is -2.27. The predicted octanol–water partition coefficient (Wildman–Crippen LogP) is 9.33. The molecule has 0 unspecified atom stereocenters. The fourth-order valence-electron chi connectivity index (χ4n) is 5.45. The minimum atomic E-state index is -1.09. The summed E-state index contributed by atoms with van der Waals surface area (Å²) in [6, 6.07) is -1.08. The first-order valence-corrected chi connectivity index (χ1v) is 17.3. The number of carboxylic acid groups (broad SMARTS) is 1. The van der Waals surface area contributed by atoms with E-state index in [-0.39, 0.29) is 31.1 Å². The first-order chi connectivity index (χ1) is 19.5. The summed E-state index contributed by atoms with van der Waals surface area (Å²) >= 11 is 0. The fourth-order valence-corrected chi connectivity index (χ4v) is 5.45. The topological polar surface area (TPSA) is 101 Å². The summed E-state index contributed by atoms with van der Waals surface area (Å²) in [4.78, 5) is 39.5. The lowest BCUT2D eigenvalue weighted by atomic mass is 10.0. The zero-order valence-corrected chi connectivity index (χ0v) is 26.6. The minimum absolute atomic E-state index is 0.252. The van der Waals surface area contributed by atoms with Crippen molar-refractivity contribution in [1.29, 1.82) is 0 Å². The highest BCUT2D eigenvalue weighted by Crippen LogP contribution is 2.18. The van der Waals surface area contributed by atoms with Crippen LogP contribution < -0.4 is 5.73 Å². The summed E-state index contributed by atoms with van der Waals surface area (Å²) in [6.45, 7) is 4.96. The van der Waals surface area contributed by atoms with Crippen molar-refractivity contribution in [2.24, 2.45) is 5.73 Å². The number of hydrogen-bond acceptors (Lipinski definition) is 4. The highest BCUT2D eigenvalue weighted by atomic mass is 16.4. The molecule has 0 aromatic heterocycles. The van der Waals surface area contributed by atoms with Crippen LogP contribution in [0.2, 0.25) is 0 Å². The van der Waals surface area contributed by atoms with Gasteiger partial charge in [0, 0.05) is 12.8 Å². The molecule has 0 aromatic carbocycles. The summed E-state index contributed by atoms with van der Waals surface area (Å²) in [5.41, 5.74) is 5.60. The van der Waals surface area contributed by atoms with E-state index in [2.05, 4.69) is 13.8 Å². The van der Waals surface area contributed by atoms with E-state index in [1.54, 1.807) is 0 Å². The minimum Gasteiger partial charge on any atom is -0.480 e. The third-order valence-electron chi connectivity index (χ3n) is 8.05. The van der Waals surface area contributed by atoms with Crippen LogP contribution in [0, 0.1) is 0 Å². The van der Waals surface area contributed by atoms with Crippen LogP contribution in [-0.2, 0) is 14.4 Å². The van der Waals surface area contributed by atoms with Gasteiger partial charge in [-0.25, -0.2) is 4.79 Å². The molecule has 0 aliphatic carbocycles. The molecule has 0 rings (SSSR count). The van der Waals surface area contributed by atoms with E-state index >= 15 is 0 Å². The first kappa shape index (κ1) is 38.6. The maximum atomic E-state index is 13.1. The Bertz CT molecular complexity index is 573. The molecular formula is C34H66N2O4. The van der Waals surface area contributed by atoms with Gasteiger partial charge in [0.1, 0.15) is 6.04 Å². The van der Waals surface area contributed by atoms with Crippen molar-refractivity contribution in [2.45, 2.75) is 193 Å². The van der Waals surface area contributed by atoms with Gasteiger partial charge in [0.05, 0.1) is 0 Å². The van der Waals surface area contributed by atoms with Crippen LogP contribution in [0.5, 0.6) is 0 Å². The van der Waals surface area contributed by atoms with Gasteiger partial charge in [0.25, 0.3) is 0 Å². The third-order valence-corrected chi connectivity index (χ3v) is 8.05. The number of nitrogens with zero attached hydrogens (tertiary/aromatic N) is 1. The monoisotopic (exact) mass is 567 g/mol. The molecule has 6 nitrogen and oxygen atoms in total. The van der Waals surface area contributed by atoms with Crippen molar-refractivity contribution >= 4 is 17.8 Å². The van der Waals surface area contributed by atoms with Gasteiger partial charge in [-0.2, -0.15) is 0 Å². The SMILES string of the molecule is CCCCCCCCCCCCCC(=O)N(C(=O)CCCCCCCCCCCCC)[C@@H](CCCCN)C(=O)O. The van der Waals surface area contributed by atoms with Crippen molar-refractivity contribution in [3.05, 3.63) is 0 Å². The van der Waals surface area contributed by atoms with E-state index in [1.165, 1.54) is 103 Å². The normalized spacial score (nSPS) is 12.0. The molecule has 1 atom stereocenters. The summed E-state index contributed by atoms with van der Waals surface area (Å²) in [6.07, 6.45) is 28.2. The standard InChI is InChI=1S/C34H66N2O4/c1-3-5-7-9-11-13-15-17-19-21-23-28-32(37)36(31(34(39)40)27-25-26-30-35)33(38)29-24-22-20-18-16-14-12-10-8-6-4-2/h31H,3-30,35H2,1-2H3,(H,39,40)/t31-/m0/s1. The number of nitrogens with two attached hydrogens (primary N) is 1. The molecule has 2 amide bonds. The van der Waals surface area contributed by atoms with Crippen molar-refractivity contribution in [2.75, 3.05) is 6.54 Å². The smallest absolute Gasteiger partial charge is 0.326 e. The van der Waals surface area contributed by atoms with Crippen LogP contribution in [0.15, 0.2) is 0 Å². The van der Waals surface area contributed by atoms with Crippen LogP contribution in [0.3, 0.4) is 0 Å². The van der Waals surface area contributed by atoms with E-state index < -0.39 is 12.0 Å². The zero-order valence-electron chi connectivity index (χ0n) is 26.6. The maximum Gasteiger partial charge on any atom is 0.326 e. The Kier molecular flexibility index (Phi) is 28.0. The Balaban J connectivity index is 4.49. The molecule has 0 bridgehead atoms. The van der Waals surface area contributed by atoms with Gasteiger partial charge in [0.15, 0.2) is 0 Å². The quantitative estimate of drug-likeness (QED) is 0.0843. The molecule has 3 N–H and O–H groups in total. The van der Waals surface area contributed by atoms with E-state index in [0.29, 0.717) is 32.2 Å². The van der Waals surface area contributed by atoms with Gasteiger partial charge >= 0.3 is 5.97 Å². The van der Waals surface area contributed by atoms with Crippen molar-refractivity contribution < 1.29 is 19.5 Å². The van der Waals surface area contributed by atoms with Crippen LogP contribution in [0.4, 0.5) is 0 Å². The number of carbonyl (C=O) groups is 3. The summed E-state index contributed by atoms with van der Waals surface area (Å²) in [7, 11) is 0. The van der Waals surface area contributed by atoms with Gasteiger partial charge in [0.2, 0.25) is 11.8 Å². The number of unbranched alkanes of at least 4 members (excludes halogenated alkanes) is 21. The van der Waals surface area contributed by atoms with Gasteiger partial charge < -0.3 is 10.8 Å². The third kappa shape index (κ3) is 22.3. The first-order valence-electron chi connectivity index (χ1n) is 17.3. The number of carbonyl (C=O) groups excluding carboxylic acids is 2. The van der Waals surface area contributed by atoms with Crippen molar-refractivity contribution in [1.82, 2.24) is 4.90 Å². The van der Waals surface area contributed by atoms with Crippen molar-refractivity contribution in [3.63, 3.8) is 0 Å². The Morgan fingerprint density at radius 2 is 0.850 bits per heavy atom. The Labute approximate surface area is 247 Å². The molecule has 0 fully saturated rings. The Morgan fingerprint density at radius 3 is 1.15 bits per heavy atom. The van der Waals surface area contributed by atoms with Crippen LogP contribution in [0.1, 0.15) is 187 Å². The molecular weight excluding hydrogens is 500 g/mol. The van der Waals surface area contributed by atoms with E-state index in [0.717, 1.165) is 30.6 Å². The lowest BCUT2D eigenvalue weighted by Crippen LogP contribution is -2.48. The number of carboxylic acids is 1. The number of rotatable bonds is 30. The molecule has 0 heterocycles. The van der Waals surface area contributed by atoms with Crippen LogP contribution in [-0.4, -0.2) is 40.4 Å². The summed E-state index contributed by atoms with van der Waals surface area (Å²) in [5, 5.41) is 9.88. The molecule has 0 saturated carbocycles. The van der Waals surface area contributed by atoms with Gasteiger partial charge in [-0.15, -0.1) is 0 Å². The zero-order chi connectivity index (χ0) is 29.7. The van der Waals surface area contributed by atoms with E-state index in [1.807, 2.05) is 0 Å². The highest BCUT2D eigenvalue weighted by molar-refractivity contribution is 5.99. The maximum absolute atomic E-state index is 13.1. The van der Waals surface area contributed by atoms with Crippen LogP contribution >= 0.6 is 0 Å². The molecule has 0 aliphatic rings. The summed E-state index contributed by atoms with van der Waals surface area (Å²) in [5.74, 6) is -1.72. The highest BCUT2D eigenvalue weighted by Gasteiger charge is 2.33. The molecule has 0 spiro atoms. The number of amides is 2. The summed E-state index contributed by atoms with van der Waals surface area (Å²) < 4.78 is 0. The van der Waals surface area contributed by atoms with Gasteiger partial charge in [-0.1, -0.05) is 142 Å². The molecule has 0 aliphatic heterocycles. The predicted molar refractivity (Wildman–Crippen MR) is 168 cm³/mol. The average Bonchev–Trinajstić information content (AvgIpc) is 2.94. The molecule has 6 heteroatoms. The lowest BCUT2D eigenvalue weighted by molar-refractivity contribution is -0.158. The van der Waals surface area contributed by atoms with Crippen molar-refractivity contribution in [3.8, 4) is 0 Å². The number of imide groups is 1. The van der Waals surface area contributed by atoms with Crippen LogP contribution in [0.25, 0.3) is 0 Å². The molecule has 0 saturated heterocycles. The number of aliphatic carboxylic acids is 1. The molecule has 0 radical (unpaired) electrons. The van der Waals surface area contributed by atoms with Gasteiger partial charge in [-0.3, -0.25) is 14.5 Å². The Morgan fingerprint density at radius 1 is 0.525 bits per heavy atom. The number of hydrogen-bond donors (Lipinski definition) is 2. The van der Waals surface area contributed by atoms with E-state index in [9.17, 15) is 19.5 Å². The average molecular weight is 567 g/mol. The molecule has 236 valence electrons. The second kappa shape index (κ2) is 29.1. The van der Waals surface area contributed by atoms with Gasteiger partial charge in [-0.05, 0) is 38.6 Å².